The van der Waals surface area contributed by atoms with Gasteiger partial charge in [0.1, 0.15) is 9.84 Å². The highest BCUT2D eigenvalue weighted by molar-refractivity contribution is 7.90. The average molecular weight is 287 g/mol. The van der Waals surface area contributed by atoms with Gasteiger partial charge < -0.3 is 5.32 Å². The lowest BCUT2D eigenvalue weighted by Crippen LogP contribution is -2.29. The quantitative estimate of drug-likeness (QED) is 0.732. The molecule has 19 heavy (non-hydrogen) atoms. The molecule has 0 aliphatic heterocycles. The third-order valence-electron chi connectivity index (χ3n) is 4.65. The maximum Gasteiger partial charge on any atom is 0.147 e. The summed E-state index contributed by atoms with van der Waals surface area (Å²) in [5.41, 5.74) is 0. The van der Waals surface area contributed by atoms with Gasteiger partial charge in [-0.15, -0.1) is 0 Å². The van der Waals surface area contributed by atoms with Crippen LogP contribution in [0.3, 0.4) is 0 Å². The molecule has 0 aromatic heterocycles. The third kappa shape index (κ3) is 6.26. The SMILES string of the molecule is CS(=O)(=O)CCCC1CCCCCC1CNC1CC1. The molecule has 0 saturated heterocycles. The van der Waals surface area contributed by atoms with Gasteiger partial charge in [-0.1, -0.05) is 25.7 Å². The lowest BCUT2D eigenvalue weighted by Gasteiger charge is -2.25. The first-order valence-electron chi connectivity index (χ1n) is 7.96. The molecule has 4 heteroatoms. The lowest BCUT2D eigenvalue weighted by atomic mass is 9.84. The first-order valence-corrected chi connectivity index (χ1v) is 10.0. The third-order valence-corrected chi connectivity index (χ3v) is 5.68. The van der Waals surface area contributed by atoms with Gasteiger partial charge in [0, 0.05) is 18.1 Å². The summed E-state index contributed by atoms with van der Waals surface area (Å²) in [6.07, 6.45) is 12.7. The molecule has 0 aromatic rings. The molecule has 0 amide bonds. The minimum absolute atomic E-state index is 0.367. The Hall–Kier alpha value is -0.0900. The Labute approximate surface area is 118 Å². The fraction of sp³-hybridized carbons (Fsp3) is 1.00. The van der Waals surface area contributed by atoms with E-state index in [1.54, 1.807) is 0 Å². The molecule has 3 nitrogen and oxygen atoms in total. The van der Waals surface area contributed by atoms with Crippen LogP contribution in [0.2, 0.25) is 0 Å². The van der Waals surface area contributed by atoms with E-state index in [9.17, 15) is 8.42 Å². The molecule has 2 saturated carbocycles. The molecule has 1 N–H and O–H groups in total. The van der Waals surface area contributed by atoms with Crippen LogP contribution in [-0.4, -0.2) is 33.0 Å². The Morgan fingerprint density at radius 3 is 2.32 bits per heavy atom. The van der Waals surface area contributed by atoms with Gasteiger partial charge in [-0.25, -0.2) is 8.42 Å². The van der Waals surface area contributed by atoms with Crippen molar-refractivity contribution in [3.63, 3.8) is 0 Å². The van der Waals surface area contributed by atoms with Crippen molar-refractivity contribution in [1.29, 1.82) is 0 Å². The number of sulfone groups is 1. The van der Waals surface area contributed by atoms with Crippen molar-refractivity contribution in [2.45, 2.75) is 63.8 Å². The maximum absolute atomic E-state index is 11.2. The molecule has 0 heterocycles. The van der Waals surface area contributed by atoms with Gasteiger partial charge in [0.25, 0.3) is 0 Å². The van der Waals surface area contributed by atoms with Crippen molar-refractivity contribution in [1.82, 2.24) is 5.32 Å². The monoisotopic (exact) mass is 287 g/mol. The van der Waals surface area contributed by atoms with Crippen LogP contribution in [0.25, 0.3) is 0 Å². The van der Waals surface area contributed by atoms with Gasteiger partial charge in [-0.2, -0.15) is 0 Å². The summed E-state index contributed by atoms with van der Waals surface area (Å²) in [5, 5.41) is 3.67. The zero-order valence-electron chi connectivity index (χ0n) is 12.2. The molecule has 0 aromatic carbocycles. The van der Waals surface area contributed by atoms with E-state index in [2.05, 4.69) is 5.32 Å². The van der Waals surface area contributed by atoms with Crippen molar-refractivity contribution in [3.05, 3.63) is 0 Å². The summed E-state index contributed by atoms with van der Waals surface area (Å²) in [4.78, 5) is 0. The molecule has 2 unspecified atom stereocenters. The summed E-state index contributed by atoms with van der Waals surface area (Å²) >= 11 is 0. The standard InChI is InChI=1S/C15H29NO2S/c1-19(17,18)11-5-8-13-6-3-2-4-7-14(13)12-16-15-9-10-15/h13-16H,2-12H2,1H3. The van der Waals surface area contributed by atoms with Crippen LogP contribution >= 0.6 is 0 Å². The maximum atomic E-state index is 11.2. The highest BCUT2D eigenvalue weighted by Crippen LogP contribution is 2.32. The van der Waals surface area contributed by atoms with Crippen molar-refractivity contribution >= 4 is 9.84 Å². The largest absolute Gasteiger partial charge is 0.314 e. The summed E-state index contributed by atoms with van der Waals surface area (Å²) in [7, 11) is -2.78. The van der Waals surface area contributed by atoms with Gasteiger partial charge >= 0.3 is 0 Å². The van der Waals surface area contributed by atoms with Crippen LogP contribution in [0.5, 0.6) is 0 Å². The van der Waals surface area contributed by atoms with Gasteiger partial charge in [-0.05, 0) is 50.5 Å². The molecule has 2 aliphatic rings. The second kappa shape index (κ2) is 7.07. The minimum atomic E-state index is -2.78. The topological polar surface area (TPSA) is 46.2 Å². The van der Waals surface area contributed by atoms with E-state index in [1.165, 1.54) is 51.2 Å². The van der Waals surface area contributed by atoms with Gasteiger partial charge in [0.15, 0.2) is 0 Å². The van der Waals surface area contributed by atoms with Crippen LogP contribution in [0.15, 0.2) is 0 Å². The van der Waals surface area contributed by atoms with Crippen molar-refractivity contribution in [3.8, 4) is 0 Å². The Balaban J connectivity index is 1.77. The summed E-state index contributed by atoms with van der Waals surface area (Å²) in [6, 6.07) is 0.792. The Bertz CT molecular complexity index is 362. The number of nitrogens with one attached hydrogen (secondary N) is 1. The van der Waals surface area contributed by atoms with Crippen LogP contribution in [0.4, 0.5) is 0 Å². The Kier molecular flexibility index (Phi) is 5.70. The van der Waals surface area contributed by atoms with Crippen LogP contribution in [-0.2, 0) is 9.84 Å². The van der Waals surface area contributed by atoms with Gasteiger partial charge in [-0.3, -0.25) is 0 Å². The number of hydrogen-bond donors (Lipinski definition) is 1. The molecule has 0 spiro atoms. The first-order chi connectivity index (χ1) is 9.04. The smallest absolute Gasteiger partial charge is 0.147 e. The van der Waals surface area contributed by atoms with E-state index >= 15 is 0 Å². The summed E-state index contributed by atoms with van der Waals surface area (Å²) in [5.74, 6) is 1.89. The zero-order valence-corrected chi connectivity index (χ0v) is 13.1. The molecule has 0 bridgehead atoms. The van der Waals surface area contributed by atoms with Crippen LogP contribution in [0.1, 0.15) is 57.8 Å². The van der Waals surface area contributed by atoms with E-state index < -0.39 is 9.84 Å². The molecule has 2 atom stereocenters. The predicted molar refractivity (Wildman–Crippen MR) is 80.0 cm³/mol. The van der Waals surface area contributed by atoms with E-state index in [1.807, 2.05) is 0 Å². The Morgan fingerprint density at radius 2 is 1.68 bits per heavy atom. The molecule has 2 aliphatic carbocycles. The molecule has 2 rings (SSSR count). The predicted octanol–water partition coefficient (Wildman–Crippen LogP) is 2.76. The van der Waals surface area contributed by atoms with Crippen LogP contribution < -0.4 is 5.32 Å². The lowest BCUT2D eigenvalue weighted by molar-refractivity contribution is 0.281. The number of hydrogen-bond acceptors (Lipinski definition) is 3. The summed E-state index contributed by atoms with van der Waals surface area (Å²) < 4.78 is 22.5. The molecule has 2 fully saturated rings. The van der Waals surface area contributed by atoms with Crippen molar-refractivity contribution < 1.29 is 8.42 Å². The number of rotatable bonds is 7. The second-order valence-electron chi connectivity index (χ2n) is 6.61. The van der Waals surface area contributed by atoms with Crippen LogP contribution in [0, 0.1) is 11.8 Å². The fourth-order valence-corrected chi connectivity index (χ4v) is 4.01. The van der Waals surface area contributed by atoms with Gasteiger partial charge in [0.2, 0.25) is 0 Å². The normalized spacial score (nSPS) is 29.1. The van der Waals surface area contributed by atoms with Crippen molar-refractivity contribution in [2.24, 2.45) is 11.8 Å². The Morgan fingerprint density at radius 1 is 1.00 bits per heavy atom. The minimum Gasteiger partial charge on any atom is -0.314 e. The molecule has 0 radical (unpaired) electrons. The zero-order chi connectivity index (χ0) is 13.7. The molecular formula is C15H29NO2S. The van der Waals surface area contributed by atoms with Crippen molar-refractivity contribution in [2.75, 3.05) is 18.6 Å². The highest BCUT2D eigenvalue weighted by Gasteiger charge is 2.27. The van der Waals surface area contributed by atoms with E-state index in [0.29, 0.717) is 5.75 Å². The van der Waals surface area contributed by atoms with E-state index in [0.717, 1.165) is 37.3 Å². The van der Waals surface area contributed by atoms with Gasteiger partial charge in [0.05, 0.1) is 0 Å². The molecule has 112 valence electrons. The first kappa shape index (κ1) is 15.3. The molecular weight excluding hydrogens is 258 g/mol. The average Bonchev–Trinajstić information content (AvgIpc) is 3.11. The second-order valence-corrected chi connectivity index (χ2v) is 8.87. The van der Waals surface area contributed by atoms with E-state index in [4.69, 9.17) is 0 Å². The highest BCUT2D eigenvalue weighted by atomic mass is 32.2. The fourth-order valence-electron chi connectivity index (χ4n) is 3.32. The summed E-state index contributed by atoms with van der Waals surface area (Å²) in [6.45, 7) is 1.16. The van der Waals surface area contributed by atoms with E-state index in [-0.39, 0.29) is 0 Å².